The second-order valence-corrected chi connectivity index (χ2v) is 8.73. The molecule has 1 aromatic heterocycles. The van der Waals surface area contributed by atoms with Crippen LogP contribution in [0.3, 0.4) is 0 Å². The molecule has 2 aromatic carbocycles. The van der Waals surface area contributed by atoms with Crippen molar-refractivity contribution in [1.29, 1.82) is 0 Å². The maximum Gasteiger partial charge on any atom is 3.00 e. The first-order chi connectivity index (χ1) is 14.5. The summed E-state index contributed by atoms with van der Waals surface area (Å²) in [7, 11) is 0. The van der Waals surface area contributed by atoms with Gasteiger partial charge < -0.3 is 39.9 Å². The standard InChI is InChI=1S/C12H8NO.C11H15BrN2S2.Au/c14-12(10-6-2-1-3-7-10)11-8-4-5-9-13-11;12-9-1-3-10(4-2-9)13-5-7-14(8-6-13)11(15)16;/h1-6,8-9H;1-4,11,15-16H,5-8H2;/q-1;;+3/p-2. The fourth-order valence-corrected chi connectivity index (χ4v) is 3.70. The van der Waals surface area contributed by atoms with Gasteiger partial charge in [-0.2, -0.15) is 0 Å². The Morgan fingerprint density at radius 3 is 2.19 bits per heavy atom. The Morgan fingerprint density at radius 1 is 0.968 bits per heavy atom. The van der Waals surface area contributed by atoms with Crippen LogP contribution in [0.25, 0.3) is 0 Å². The van der Waals surface area contributed by atoms with Crippen molar-refractivity contribution in [3.63, 3.8) is 0 Å². The van der Waals surface area contributed by atoms with Gasteiger partial charge in [0.1, 0.15) is 5.78 Å². The SMILES string of the molecule is O=C(c1[c-]cccc1)c1ccccn1.[Au+3].[S-]C([S-])N1CCN(c2ccc(Br)cc2)CC1. The molecule has 3 aromatic rings. The van der Waals surface area contributed by atoms with Crippen molar-refractivity contribution in [1.82, 2.24) is 9.88 Å². The molecular formula is C23H21AuBrN3OS2. The molecule has 2 heterocycles. The molecule has 1 aliphatic heterocycles. The van der Waals surface area contributed by atoms with Gasteiger partial charge in [0, 0.05) is 42.5 Å². The molecule has 0 spiro atoms. The monoisotopic (exact) mass is 695 g/mol. The smallest absolute Gasteiger partial charge is 0.800 e. The summed E-state index contributed by atoms with van der Waals surface area (Å²) in [5.74, 6) is -0.0915. The van der Waals surface area contributed by atoms with Crippen LogP contribution in [0.15, 0.2) is 77.4 Å². The second-order valence-electron chi connectivity index (χ2n) is 6.63. The van der Waals surface area contributed by atoms with Gasteiger partial charge in [0.05, 0.1) is 5.69 Å². The number of carbonyl (C=O) groups is 1. The van der Waals surface area contributed by atoms with E-state index < -0.39 is 0 Å². The first kappa shape index (κ1) is 26.2. The Bertz CT molecular complexity index is 881. The van der Waals surface area contributed by atoms with Crippen LogP contribution in [0, 0.1) is 6.07 Å². The van der Waals surface area contributed by atoms with Crippen LogP contribution in [0.5, 0.6) is 0 Å². The minimum absolute atomic E-state index is 0. The first-order valence-corrected chi connectivity index (χ1v) is 11.3. The van der Waals surface area contributed by atoms with E-state index >= 15 is 0 Å². The van der Waals surface area contributed by atoms with E-state index in [0.717, 1.165) is 30.7 Å². The summed E-state index contributed by atoms with van der Waals surface area (Å²) in [5, 5.41) is 0. The third-order valence-corrected chi connectivity index (χ3v) is 5.78. The van der Waals surface area contributed by atoms with Gasteiger partial charge in [-0.3, -0.25) is 4.98 Å². The molecule has 0 N–H and O–H groups in total. The maximum atomic E-state index is 11.8. The number of rotatable bonds is 4. The van der Waals surface area contributed by atoms with E-state index in [4.69, 9.17) is 25.3 Å². The zero-order chi connectivity index (χ0) is 21.3. The van der Waals surface area contributed by atoms with Gasteiger partial charge >= 0.3 is 22.4 Å². The first-order valence-electron chi connectivity index (χ1n) is 9.53. The fourth-order valence-electron chi connectivity index (χ4n) is 3.01. The topological polar surface area (TPSA) is 36.4 Å². The normalized spacial score (nSPS) is 13.7. The number of aromatic nitrogens is 1. The van der Waals surface area contributed by atoms with E-state index in [-0.39, 0.29) is 32.9 Å². The number of nitrogens with zero attached hydrogens (tertiary/aromatic N) is 3. The van der Waals surface area contributed by atoms with Gasteiger partial charge in [0.15, 0.2) is 0 Å². The van der Waals surface area contributed by atoms with Crippen molar-refractivity contribution >= 4 is 52.7 Å². The number of ketones is 1. The molecule has 164 valence electrons. The van der Waals surface area contributed by atoms with Crippen LogP contribution in [0.2, 0.25) is 0 Å². The summed E-state index contributed by atoms with van der Waals surface area (Å²) >= 11 is 13.6. The van der Waals surface area contributed by atoms with E-state index in [1.807, 2.05) is 12.1 Å². The Labute approximate surface area is 218 Å². The molecule has 1 saturated heterocycles. The molecule has 0 atom stereocenters. The molecule has 4 nitrogen and oxygen atoms in total. The molecule has 4 rings (SSSR count). The van der Waals surface area contributed by atoms with Gasteiger partial charge in [0.2, 0.25) is 0 Å². The van der Waals surface area contributed by atoms with Gasteiger partial charge in [-0.15, -0.1) is 35.9 Å². The van der Waals surface area contributed by atoms with Crippen LogP contribution >= 0.6 is 15.9 Å². The molecule has 0 amide bonds. The van der Waals surface area contributed by atoms with E-state index in [2.05, 4.69) is 61.0 Å². The van der Waals surface area contributed by atoms with Crippen molar-refractivity contribution in [2.24, 2.45) is 0 Å². The van der Waals surface area contributed by atoms with Crippen LogP contribution < -0.4 is 4.90 Å². The summed E-state index contributed by atoms with van der Waals surface area (Å²) < 4.78 is 0.957. The number of carbonyl (C=O) groups excluding carboxylic acids is 1. The molecule has 0 saturated carbocycles. The predicted octanol–water partition coefficient (Wildman–Crippen LogP) is 4.06. The van der Waals surface area contributed by atoms with E-state index in [1.54, 1.807) is 36.5 Å². The Balaban J connectivity index is 0.000000215. The molecule has 0 unspecified atom stereocenters. The van der Waals surface area contributed by atoms with E-state index in [0.29, 0.717) is 11.3 Å². The number of anilines is 1. The van der Waals surface area contributed by atoms with Crippen molar-refractivity contribution in [2.45, 2.75) is 4.71 Å². The van der Waals surface area contributed by atoms with Gasteiger partial charge in [-0.1, -0.05) is 22.0 Å². The Kier molecular flexibility index (Phi) is 11.4. The molecule has 1 fully saturated rings. The molecule has 0 radical (unpaired) electrons. The number of benzene rings is 2. The molecule has 0 aliphatic carbocycles. The van der Waals surface area contributed by atoms with E-state index in [9.17, 15) is 4.79 Å². The average molecular weight is 696 g/mol. The van der Waals surface area contributed by atoms with Crippen molar-refractivity contribution in [2.75, 3.05) is 31.1 Å². The minimum Gasteiger partial charge on any atom is -0.800 e. The van der Waals surface area contributed by atoms with Crippen LogP contribution in [0.1, 0.15) is 16.1 Å². The van der Waals surface area contributed by atoms with Gasteiger partial charge in [0.25, 0.3) is 0 Å². The summed E-state index contributed by atoms with van der Waals surface area (Å²) in [6, 6.07) is 23.7. The summed E-state index contributed by atoms with van der Waals surface area (Å²) in [5.41, 5.74) is 2.27. The zero-order valence-corrected chi connectivity index (χ0v) is 22.0. The Morgan fingerprint density at radius 2 is 1.65 bits per heavy atom. The fraction of sp³-hybridized carbons (Fsp3) is 0.217. The summed E-state index contributed by atoms with van der Waals surface area (Å²) in [6.07, 6.45) is 1.61. The number of pyridine rings is 1. The minimum atomic E-state index is -0.160. The largest absolute Gasteiger partial charge is 3.00 e. The summed E-state index contributed by atoms with van der Waals surface area (Å²) in [4.78, 5) is 20.3. The molecular weight excluding hydrogens is 675 g/mol. The van der Waals surface area contributed by atoms with Gasteiger partial charge in [-0.25, -0.2) is 4.71 Å². The number of halogens is 1. The number of hydrogen-bond donors (Lipinski definition) is 0. The average Bonchev–Trinajstić information content (AvgIpc) is 2.81. The molecule has 1 aliphatic rings. The Hall–Kier alpha value is -1.06. The third-order valence-electron chi connectivity index (χ3n) is 4.66. The van der Waals surface area contributed by atoms with Crippen LogP contribution in [0.4, 0.5) is 5.69 Å². The van der Waals surface area contributed by atoms with Crippen molar-refractivity contribution in [3.8, 4) is 0 Å². The predicted molar refractivity (Wildman–Crippen MR) is 129 cm³/mol. The van der Waals surface area contributed by atoms with Gasteiger partial charge in [-0.05, 0) is 36.4 Å². The summed E-state index contributed by atoms with van der Waals surface area (Å²) in [6.45, 7) is 3.94. The number of piperazine rings is 1. The second kappa shape index (κ2) is 13.5. The quantitative estimate of drug-likeness (QED) is 0.178. The third kappa shape index (κ3) is 8.09. The van der Waals surface area contributed by atoms with Crippen LogP contribution in [-0.4, -0.2) is 46.6 Å². The zero-order valence-electron chi connectivity index (χ0n) is 16.6. The van der Waals surface area contributed by atoms with Crippen LogP contribution in [-0.2, 0) is 47.6 Å². The van der Waals surface area contributed by atoms with Crippen molar-refractivity contribution < 1.29 is 27.2 Å². The van der Waals surface area contributed by atoms with E-state index in [1.165, 1.54) is 5.69 Å². The molecule has 8 heteroatoms. The van der Waals surface area contributed by atoms with Crippen molar-refractivity contribution in [3.05, 3.63) is 94.7 Å². The molecule has 0 bridgehead atoms. The molecule has 31 heavy (non-hydrogen) atoms. The number of hydrogen-bond acceptors (Lipinski definition) is 6. The maximum absolute atomic E-state index is 11.8.